The van der Waals surface area contributed by atoms with Crippen LogP contribution in [-0.2, 0) is 11.3 Å². The van der Waals surface area contributed by atoms with E-state index in [9.17, 15) is 0 Å². The van der Waals surface area contributed by atoms with E-state index in [1.165, 1.54) is 18.4 Å². The van der Waals surface area contributed by atoms with Crippen LogP contribution < -0.4 is 5.32 Å². The summed E-state index contributed by atoms with van der Waals surface area (Å²) < 4.78 is 11.3. The molecular formula is C18H23N3O2. The van der Waals surface area contributed by atoms with Crippen molar-refractivity contribution in [3.8, 4) is 0 Å². The number of aromatic nitrogens is 1. The lowest BCUT2D eigenvalue weighted by atomic mass is 10.0. The zero-order valence-corrected chi connectivity index (χ0v) is 13.2. The minimum Gasteiger partial charge on any atom is -0.472 e. The standard InChI is InChI=1S/C18H23N3O2/c1-2-16(11-19-6-1)20-10-15-3-4-17-18(15)23-9-7-21(17)12-14-5-8-22-13-14/h1-2,5-6,8,11,13,15,17-18,20H,3-4,7,9-10,12H2/t15?,17-,18-/m0/s1. The van der Waals surface area contributed by atoms with E-state index in [1.54, 1.807) is 12.5 Å². The first-order valence-electron chi connectivity index (χ1n) is 8.41. The van der Waals surface area contributed by atoms with Gasteiger partial charge < -0.3 is 14.5 Å². The third-order valence-electron chi connectivity index (χ3n) is 5.03. The second kappa shape index (κ2) is 6.72. The Balaban J connectivity index is 1.37. The predicted octanol–water partition coefficient (Wildman–Crippen LogP) is 2.77. The zero-order chi connectivity index (χ0) is 15.5. The average Bonchev–Trinajstić information content (AvgIpc) is 3.24. The van der Waals surface area contributed by atoms with Crippen molar-refractivity contribution in [3.63, 3.8) is 0 Å². The first-order chi connectivity index (χ1) is 11.4. The van der Waals surface area contributed by atoms with Gasteiger partial charge in [0, 0.05) is 49.6 Å². The first-order valence-corrected chi connectivity index (χ1v) is 8.41. The van der Waals surface area contributed by atoms with E-state index in [2.05, 4.69) is 27.3 Å². The van der Waals surface area contributed by atoms with Gasteiger partial charge in [0.1, 0.15) is 0 Å². The molecule has 2 aromatic heterocycles. The molecule has 3 atom stereocenters. The number of hydrogen-bond acceptors (Lipinski definition) is 5. The van der Waals surface area contributed by atoms with Gasteiger partial charge in [0.25, 0.3) is 0 Å². The molecule has 0 spiro atoms. The van der Waals surface area contributed by atoms with Crippen LogP contribution in [0.1, 0.15) is 18.4 Å². The number of ether oxygens (including phenoxy) is 1. The number of pyridine rings is 1. The van der Waals surface area contributed by atoms with E-state index in [-0.39, 0.29) is 0 Å². The van der Waals surface area contributed by atoms with Crippen molar-refractivity contribution < 1.29 is 9.15 Å². The molecule has 1 aliphatic carbocycles. The SMILES string of the molecule is c1cncc(NCC2CC[C@H]3[C@H]2OCCN3Cc2ccoc2)c1. The number of anilines is 1. The van der Waals surface area contributed by atoms with Gasteiger partial charge in [-0.2, -0.15) is 0 Å². The highest BCUT2D eigenvalue weighted by Gasteiger charge is 2.42. The molecule has 2 aromatic rings. The lowest BCUT2D eigenvalue weighted by molar-refractivity contribution is -0.0745. The van der Waals surface area contributed by atoms with Gasteiger partial charge in [0.15, 0.2) is 0 Å². The van der Waals surface area contributed by atoms with Gasteiger partial charge in [0.2, 0.25) is 0 Å². The molecule has 1 aliphatic heterocycles. The summed E-state index contributed by atoms with van der Waals surface area (Å²) in [6.45, 7) is 3.74. The van der Waals surface area contributed by atoms with E-state index in [0.717, 1.165) is 31.9 Å². The van der Waals surface area contributed by atoms with Gasteiger partial charge in [-0.1, -0.05) is 0 Å². The zero-order valence-electron chi connectivity index (χ0n) is 13.2. The highest BCUT2D eigenvalue weighted by molar-refractivity contribution is 5.39. The van der Waals surface area contributed by atoms with Crippen LogP contribution in [0.5, 0.6) is 0 Å². The maximum Gasteiger partial charge on any atom is 0.0947 e. The molecule has 1 saturated heterocycles. The Labute approximate surface area is 136 Å². The fourth-order valence-electron chi connectivity index (χ4n) is 3.88. The van der Waals surface area contributed by atoms with Gasteiger partial charge in [0.05, 0.1) is 30.9 Å². The average molecular weight is 313 g/mol. The first kappa shape index (κ1) is 14.7. The van der Waals surface area contributed by atoms with E-state index in [1.807, 2.05) is 18.5 Å². The molecule has 2 fully saturated rings. The Bertz CT molecular complexity index is 602. The van der Waals surface area contributed by atoms with Crippen LogP contribution in [0.2, 0.25) is 0 Å². The third-order valence-corrected chi connectivity index (χ3v) is 5.03. The lowest BCUT2D eigenvalue weighted by Crippen LogP contribution is -2.50. The summed E-state index contributed by atoms with van der Waals surface area (Å²) in [4.78, 5) is 6.71. The summed E-state index contributed by atoms with van der Waals surface area (Å²) in [5, 5.41) is 3.50. The summed E-state index contributed by atoms with van der Waals surface area (Å²) in [7, 11) is 0. The van der Waals surface area contributed by atoms with Crippen LogP contribution in [-0.4, -0.2) is 41.7 Å². The van der Waals surface area contributed by atoms with E-state index >= 15 is 0 Å². The topological polar surface area (TPSA) is 50.5 Å². The number of morpholine rings is 1. The summed E-state index contributed by atoms with van der Waals surface area (Å²) in [5.74, 6) is 0.562. The quantitative estimate of drug-likeness (QED) is 0.920. The molecule has 1 saturated carbocycles. The normalized spacial score (nSPS) is 27.7. The molecule has 0 bridgehead atoms. The van der Waals surface area contributed by atoms with Crippen molar-refractivity contribution in [3.05, 3.63) is 48.7 Å². The van der Waals surface area contributed by atoms with Crippen LogP contribution in [0, 0.1) is 5.92 Å². The van der Waals surface area contributed by atoms with Crippen molar-refractivity contribution >= 4 is 5.69 Å². The van der Waals surface area contributed by atoms with Crippen molar-refractivity contribution in [1.82, 2.24) is 9.88 Å². The molecule has 0 aromatic carbocycles. The van der Waals surface area contributed by atoms with E-state index < -0.39 is 0 Å². The van der Waals surface area contributed by atoms with Crippen LogP contribution in [0.3, 0.4) is 0 Å². The molecule has 1 N–H and O–H groups in total. The number of nitrogens with one attached hydrogen (secondary N) is 1. The summed E-state index contributed by atoms with van der Waals surface area (Å²) in [6, 6.07) is 6.61. The summed E-state index contributed by atoms with van der Waals surface area (Å²) >= 11 is 0. The maximum atomic E-state index is 6.13. The highest BCUT2D eigenvalue weighted by atomic mass is 16.5. The fraction of sp³-hybridized carbons (Fsp3) is 0.500. The lowest BCUT2D eigenvalue weighted by Gasteiger charge is -2.39. The highest BCUT2D eigenvalue weighted by Crippen LogP contribution is 2.35. The second-order valence-electron chi connectivity index (χ2n) is 6.46. The Morgan fingerprint density at radius 1 is 1.30 bits per heavy atom. The van der Waals surface area contributed by atoms with Gasteiger partial charge in [-0.15, -0.1) is 0 Å². The Hall–Kier alpha value is -1.85. The van der Waals surface area contributed by atoms with Crippen molar-refractivity contribution in [2.45, 2.75) is 31.5 Å². The number of hydrogen-bond donors (Lipinski definition) is 1. The molecule has 122 valence electrons. The predicted molar refractivity (Wildman–Crippen MR) is 88.1 cm³/mol. The minimum absolute atomic E-state index is 0.333. The van der Waals surface area contributed by atoms with Crippen molar-refractivity contribution in [2.75, 3.05) is 25.0 Å². The third kappa shape index (κ3) is 3.26. The van der Waals surface area contributed by atoms with Crippen LogP contribution in [0.15, 0.2) is 47.5 Å². The van der Waals surface area contributed by atoms with Gasteiger partial charge in [-0.3, -0.25) is 9.88 Å². The number of fused-ring (bicyclic) bond motifs is 1. The molecule has 5 nitrogen and oxygen atoms in total. The van der Waals surface area contributed by atoms with Crippen molar-refractivity contribution in [1.29, 1.82) is 0 Å². The van der Waals surface area contributed by atoms with Crippen LogP contribution in [0.25, 0.3) is 0 Å². The van der Waals surface area contributed by atoms with E-state index in [4.69, 9.17) is 9.15 Å². The molecule has 0 amide bonds. The molecule has 3 heterocycles. The Morgan fingerprint density at radius 2 is 2.30 bits per heavy atom. The molecule has 2 aliphatic rings. The smallest absolute Gasteiger partial charge is 0.0947 e. The number of rotatable bonds is 5. The monoisotopic (exact) mass is 313 g/mol. The second-order valence-corrected chi connectivity index (χ2v) is 6.46. The summed E-state index contributed by atoms with van der Waals surface area (Å²) in [5.41, 5.74) is 2.34. The molecule has 1 unspecified atom stereocenters. The molecule has 5 heteroatoms. The molecule has 4 rings (SSSR count). The Morgan fingerprint density at radius 3 is 3.13 bits per heavy atom. The Kier molecular flexibility index (Phi) is 4.30. The summed E-state index contributed by atoms with van der Waals surface area (Å²) in [6.07, 6.45) is 10.0. The largest absolute Gasteiger partial charge is 0.472 e. The molecular weight excluding hydrogens is 290 g/mol. The van der Waals surface area contributed by atoms with E-state index in [0.29, 0.717) is 18.1 Å². The fourth-order valence-corrected chi connectivity index (χ4v) is 3.88. The molecule has 0 radical (unpaired) electrons. The maximum absolute atomic E-state index is 6.13. The minimum atomic E-state index is 0.333. The van der Waals surface area contributed by atoms with Crippen LogP contribution in [0.4, 0.5) is 5.69 Å². The van der Waals surface area contributed by atoms with Gasteiger partial charge in [-0.25, -0.2) is 0 Å². The van der Waals surface area contributed by atoms with Gasteiger partial charge in [-0.05, 0) is 31.0 Å². The van der Waals surface area contributed by atoms with Crippen LogP contribution >= 0.6 is 0 Å². The number of nitrogens with zero attached hydrogens (tertiary/aromatic N) is 2. The number of furan rings is 1. The van der Waals surface area contributed by atoms with Crippen molar-refractivity contribution in [2.24, 2.45) is 5.92 Å². The van der Waals surface area contributed by atoms with Gasteiger partial charge >= 0.3 is 0 Å². The molecule has 23 heavy (non-hydrogen) atoms.